The van der Waals surface area contributed by atoms with Gasteiger partial charge in [-0.15, -0.1) is 10.2 Å². The van der Waals surface area contributed by atoms with Gasteiger partial charge >= 0.3 is 0 Å². The maximum Gasteiger partial charge on any atom is 0.254 e. The van der Waals surface area contributed by atoms with Gasteiger partial charge in [0.15, 0.2) is 0 Å². The monoisotopic (exact) mass is 270 g/mol. The summed E-state index contributed by atoms with van der Waals surface area (Å²) in [6, 6.07) is 1.85. The summed E-state index contributed by atoms with van der Waals surface area (Å²) in [5, 5.41) is 8.37. The van der Waals surface area contributed by atoms with Crippen molar-refractivity contribution in [2.45, 2.75) is 39.5 Å². The molecule has 2 saturated carbocycles. The fourth-order valence-electron chi connectivity index (χ4n) is 4.36. The summed E-state index contributed by atoms with van der Waals surface area (Å²) in [5.74, 6) is 1.88. The van der Waals surface area contributed by atoms with Crippen molar-refractivity contribution in [3.63, 3.8) is 0 Å². The molecule has 3 atom stereocenters. The molecule has 0 radical (unpaired) electrons. The predicted octanol–water partition coefficient (Wildman–Crippen LogP) is 2.23. The lowest BCUT2D eigenvalue weighted by molar-refractivity contribution is -0.129. The first kappa shape index (κ1) is 12.0. The van der Waals surface area contributed by atoms with Crippen LogP contribution in [0.25, 0.3) is 5.78 Å². The van der Waals surface area contributed by atoms with Crippen molar-refractivity contribution in [2.24, 2.45) is 16.7 Å². The van der Waals surface area contributed by atoms with Crippen LogP contribution in [0.15, 0.2) is 18.5 Å². The van der Waals surface area contributed by atoms with Crippen LogP contribution < -0.4 is 0 Å². The molecule has 5 heteroatoms. The standard InChI is InChI=1S/C15H18N4O/c1-14(2)9-5-6-15(14,3)11(20)10(9)12-17-18-13-16-7-4-8-19(12)13/h4,7-10H,5-6H2,1-3H3/t9-,10+,15+/m1/s1. The number of carbonyl (C=O) groups excluding carboxylic acids is 1. The summed E-state index contributed by atoms with van der Waals surface area (Å²) in [6.45, 7) is 6.57. The van der Waals surface area contributed by atoms with E-state index in [1.165, 1.54) is 0 Å². The van der Waals surface area contributed by atoms with Crippen molar-refractivity contribution >= 4 is 11.6 Å². The lowest BCUT2D eigenvalue weighted by Gasteiger charge is -2.32. The summed E-state index contributed by atoms with van der Waals surface area (Å²) in [6.07, 6.45) is 5.68. The molecule has 4 rings (SSSR count). The maximum atomic E-state index is 12.9. The summed E-state index contributed by atoms with van der Waals surface area (Å²) in [4.78, 5) is 17.1. The Hall–Kier alpha value is -1.78. The highest BCUT2D eigenvalue weighted by molar-refractivity contribution is 5.95. The molecular weight excluding hydrogens is 252 g/mol. The van der Waals surface area contributed by atoms with Gasteiger partial charge in [-0.3, -0.25) is 9.20 Å². The molecule has 2 heterocycles. The van der Waals surface area contributed by atoms with Crippen LogP contribution in [-0.2, 0) is 4.79 Å². The summed E-state index contributed by atoms with van der Waals surface area (Å²) in [7, 11) is 0. The first-order valence-corrected chi connectivity index (χ1v) is 7.17. The van der Waals surface area contributed by atoms with E-state index in [4.69, 9.17) is 0 Å². The second kappa shape index (κ2) is 3.45. The van der Waals surface area contributed by atoms with Gasteiger partial charge in [0.05, 0.1) is 5.92 Å². The van der Waals surface area contributed by atoms with E-state index in [-0.39, 0.29) is 16.7 Å². The highest BCUT2D eigenvalue weighted by Gasteiger charge is 2.67. The summed E-state index contributed by atoms with van der Waals surface area (Å²) >= 11 is 0. The topological polar surface area (TPSA) is 60.2 Å². The molecule has 0 aliphatic heterocycles. The third-order valence-electron chi connectivity index (χ3n) is 6.03. The van der Waals surface area contributed by atoms with Crippen LogP contribution in [-0.4, -0.2) is 25.4 Å². The van der Waals surface area contributed by atoms with Gasteiger partial charge in [-0.1, -0.05) is 20.8 Å². The maximum absolute atomic E-state index is 12.9. The zero-order valence-corrected chi connectivity index (χ0v) is 12.0. The second-order valence-corrected chi connectivity index (χ2v) is 6.89. The van der Waals surface area contributed by atoms with Gasteiger partial charge in [0.2, 0.25) is 0 Å². The minimum Gasteiger partial charge on any atom is -0.298 e. The molecule has 0 spiro atoms. The first-order chi connectivity index (χ1) is 9.47. The SMILES string of the molecule is CC1(C)[C@@H]2CC[C@@]1(C)C(=O)[C@H]2c1nnc2ncccn12. The van der Waals surface area contributed by atoms with Gasteiger partial charge in [-0.2, -0.15) is 0 Å². The van der Waals surface area contributed by atoms with Gasteiger partial charge in [0, 0.05) is 17.8 Å². The van der Waals surface area contributed by atoms with Crippen molar-refractivity contribution in [3.05, 3.63) is 24.3 Å². The smallest absolute Gasteiger partial charge is 0.254 e. The van der Waals surface area contributed by atoms with Crippen molar-refractivity contribution in [3.8, 4) is 0 Å². The predicted molar refractivity (Wildman–Crippen MR) is 73.1 cm³/mol. The number of fused-ring (bicyclic) bond motifs is 3. The lowest BCUT2D eigenvalue weighted by Crippen LogP contribution is -2.33. The number of carbonyl (C=O) groups is 1. The Morgan fingerprint density at radius 1 is 1.30 bits per heavy atom. The summed E-state index contributed by atoms with van der Waals surface area (Å²) in [5.41, 5.74) is -0.195. The molecule has 2 aromatic rings. The van der Waals surface area contributed by atoms with Crippen molar-refractivity contribution in [2.75, 3.05) is 0 Å². The molecule has 0 saturated heterocycles. The molecular formula is C15H18N4O. The minimum atomic E-state index is -0.226. The van der Waals surface area contributed by atoms with E-state index < -0.39 is 0 Å². The first-order valence-electron chi connectivity index (χ1n) is 7.17. The van der Waals surface area contributed by atoms with Crippen LogP contribution in [0.4, 0.5) is 0 Å². The fourth-order valence-corrected chi connectivity index (χ4v) is 4.36. The van der Waals surface area contributed by atoms with Crippen LogP contribution in [0, 0.1) is 16.7 Å². The van der Waals surface area contributed by atoms with Gasteiger partial charge in [-0.05, 0) is 30.2 Å². The molecule has 2 fully saturated rings. The van der Waals surface area contributed by atoms with Gasteiger partial charge in [-0.25, -0.2) is 4.98 Å². The zero-order valence-electron chi connectivity index (χ0n) is 12.0. The largest absolute Gasteiger partial charge is 0.298 e. The van der Waals surface area contributed by atoms with Gasteiger partial charge < -0.3 is 0 Å². The molecule has 0 unspecified atom stereocenters. The number of rotatable bonds is 1. The number of Topliss-reactive ketones (excluding diaryl/α,β-unsaturated/α-hetero) is 1. The average Bonchev–Trinajstić information content (AvgIpc) is 2.98. The molecule has 0 N–H and O–H groups in total. The highest BCUT2D eigenvalue weighted by atomic mass is 16.1. The van der Waals surface area contributed by atoms with E-state index >= 15 is 0 Å². The van der Waals surface area contributed by atoms with Crippen LogP contribution >= 0.6 is 0 Å². The molecule has 104 valence electrons. The Morgan fingerprint density at radius 2 is 2.10 bits per heavy atom. The third kappa shape index (κ3) is 1.15. The number of hydrogen-bond acceptors (Lipinski definition) is 4. The molecule has 2 aliphatic carbocycles. The molecule has 2 bridgehead atoms. The fraction of sp³-hybridized carbons (Fsp3) is 0.600. The van der Waals surface area contributed by atoms with E-state index in [2.05, 4.69) is 36.0 Å². The Labute approximate surface area is 117 Å². The molecule has 0 aromatic carbocycles. The van der Waals surface area contributed by atoms with Crippen molar-refractivity contribution in [1.82, 2.24) is 19.6 Å². The number of ketones is 1. The molecule has 2 aliphatic rings. The number of nitrogens with zero attached hydrogens (tertiary/aromatic N) is 4. The van der Waals surface area contributed by atoms with E-state index in [1.54, 1.807) is 6.20 Å². The average molecular weight is 270 g/mol. The second-order valence-electron chi connectivity index (χ2n) is 6.89. The third-order valence-corrected chi connectivity index (χ3v) is 6.03. The Morgan fingerprint density at radius 3 is 2.80 bits per heavy atom. The van der Waals surface area contributed by atoms with E-state index in [0.29, 0.717) is 17.5 Å². The van der Waals surface area contributed by atoms with E-state index in [9.17, 15) is 4.79 Å². The van der Waals surface area contributed by atoms with Crippen LogP contribution in [0.2, 0.25) is 0 Å². The van der Waals surface area contributed by atoms with Gasteiger partial charge in [0.1, 0.15) is 11.6 Å². The Bertz CT molecular complexity index is 719. The highest BCUT2D eigenvalue weighted by Crippen LogP contribution is 2.67. The van der Waals surface area contributed by atoms with E-state index in [1.807, 2.05) is 16.7 Å². The van der Waals surface area contributed by atoms with E-state index in [0.717, 1.165) is 18.7 Å². The quantitative estimate of drug-likeness (QED) is 0.797. The number of hydrogen-bond donors (Lipinski definition) is 0. The van der Waals surface area contributed by atoms with Crippen molar-refractivity contribution in [1.29, 1.82) is 0 Å². The molecule has 5 nitrogen and oxygen atoms in total. The molecule has 20 heavy (non-hydrogen) atoms. The van der Waals surface area contributed by atoms with Gasteiger partial charge in [0.25, 0.3) is 5.78 Å². The minimum absolute atomic E-state index is 0.0305. The number of aromatic nitrogens is 4. The normalized spacial score (nSPS) is 35.0. The lowest BCUT2D eigenvalue weighted by atomic mass is 9.70. The summed E-state index contributed by atoms with van der Waals surface area (Å²) < 4.78 is 1.86. The zero-order chi connectivity index (χ0) is 14.1. The van der Waals surface area contributed by atoms with Crippen LogP contribution in [0.3, 0.4) is 0 Å². The Kier molecular flexibility index (Phi) is 2.07. The van der Waals surface area contributed by atoms with Crippen LogP contribution in [0.5, 0.6) is 0 Å². The molecule has 2 aromatic heterocycles. The van der Waals surface area contributed by atoms with Crippen molar-refractivity contribution < 1.29 is 4.79 Å². The Balaban J connectivity index is 1.90. The molecule has 0 amide bonds. The van der Waals surface area contributed by atoms with Crippen LogP contribution in [0.1, 0.15) is 45.4 Å².